The van der Waals surface area contributed by atoms with Crippen molar-refractivity contribution in [3.8, 4) is 17.2 Å². The second-order valence-electron chi connectivity index (χ2n) is 8.87. The maximum atomic E-state index is 13.2. The number of unbranched alkanes of at least 4 members (excludes halogenated alkanes) is 1. The Balaban J connectivity index is 2.08. The molecule has 8 heteroatoms. The zero-order chi connectivity index (χ0) is 26.2. The first-order valence-corrected chi connectivity index (χ1v) is 12.3. The van der Waals surface area contributed by atoms with Crippen molar-refractivity contribution >= 4 is 17.4 Å². The molecule has 194 valence electrons. The second-order valence-corrected chi connectivity index (χ2v) is 8.87. The summed E-state index contributed by atoms with van der Waals surface area (Å²) in [5, 5.41) is 11.3. The van der Waals surface area contributed by atoms with Crippen molar-refractivity contribution in [2.45, 2.75) is 32.7 Å². The summed E-state index contributed by atoms with van der Waals surface area (Å²) >= 11 is 0. The highest BCUT2D eigenvalue weighted by Gasteiger charge is 2.46. The Labute approximate surface area is 213 Å². The van der Waals surface area contributed by atoms with Gasteiger partial charge in [0.2, 0.25) is 0 Å². The van der Waals surface area contributed by atoms with E-state index in [4.69, 9.17) is 14.2 Å². The van der Waals surface area contributed by atoms with Gasteiger partial charge in [-0.15, -0.1) is 0 Å². The van der Waals surface area contributed by atoms with Crippen molar-refractivity contribution in [3.05, 3.63) is 59.2 Å². The molecule has 0 radical (unpaired) electrons. The number of likely N-dealkylation sites (N-methyl/N-ethyl adjacent to an activating group) is 1. The van der Waals surface area contributed by atoms with E-state index in [0.29, 0.717) is 54.7 Å². The van der Waals surface area contributed by atoms with E-state index in [1.807, 2.05) is 32.0 Å². The smallest absolute Gasteiger partial charge is 0.295 e. The van der Waals surface area contributed by atoms with Gasteiger partial charge in [-0.25, -0.2) is 0 Å². The largest absolute Gasteiger partial charge is 0.507 e. The van der Waals surface area contributed by atoms with Crippen LogP contribution in [0.3, 0.4) is 0 Å². The Morgan fingerprint density at radius 2 is 1.75 bits per heavy atom. The van der Waals surface area contributed by atoms with Gasteiger partial charge >= 0.3 is 0 Å². The first-order chi connectivity index (χ1) is 17.3. The van der Waals surface area contributed by atoms with E-state index in [0.717, 1.165) is 12.8 Å². The SMILES string of the molecule is CCCCOc1ccc(C2C(=C(O)c3ccc(OCC)cc3)C(=O)C(=O)N2CCN(C)C)cc1OC. The lowest BCUT2D eigenvalue weighted by Crippen LogP contribution is -2.35. The number of aliphatic hydroxyl groups is 1. The number of ether oxygens (including phenoxy) is 3. The van der Waals surface area contributed by atoms with Crippen molar-refractivity contribution < 1.29 is 28.9 Å². The van der Waals surface area contributed by atoms with Crippen molar-refractivity contribution in [3.63, 3.8) is 0 Å². The third-order valence-electron chi connectivity index (χ3n) is 6.03. The van der Waals surface area contributed by atoms with Crippen LogP contribution in [-0.4, -0.2) is 74.1 Å². The van der Waals surface area contributed by atoms with Gasteiger partial charge in [-0.2, -0.15) is 0 Å². The summed E-state index contributed by atoms with van der Waals surface area (Å²) in [6.45, 7) is 5.93. The van der Waals surface area contributed by atoms with Gasteiger partial charge in [-0.3, -0.25) is 9.59 Å². The van der Waals surface area contributed by atoms with Crippen LogP contribution in [0.2, 0.25) is 0 Å². The van der Waals surface area contributed by atoms with Gasteiger partial charge < -0.3 is 29.1 Å². The number of carbonyl (C=O) groups is 2. The molecular weight excluding hydrogens is 460 g/mol. The first kappa shape index (κ1) is 27.1. The van der Waals surface area contributed by atoms with Crippen LogP contribution in [0.5, 0.6) is 17.2 Å². The number of ketones is 1. The van der Waals surface area contributed by atoms with Crippen LogP contribution in [0.25, 0.3) is 5.76 Å². The molecule has 1 unspecified atom stereocenters. The van der Waals surface area contributed by atoms with E-state index in [2.05, 4.69) is 6.92 Å². The number of amides is 1. The molecule has 1 atom stereocenters. The Bertz CT molecular complexity index is 1090. The Morgan fingerprint density at radius 1 is 1.03 bits per heavy atom. The number of Topliss-reactive ketones (excluding diaryl/α,β-unsaturated/α-hetero) is 1. The van der Waals surface area contributed by atoms with Crippen LogP contribution in [0, 0.1) is 0 Å². The summed E-state index contributed by atoms with van der Waals surface area (Å²) in [5.41, 5.74) is 1.13. The molecule has 1 aliphatic rings. The van der Waals surface area contributed by atoms with Crippen molar-refractivity contribution in [2.24, 2.45) is 0 Å². The van der Waals surface area contributed by atoms with Gasteiger partial charge in [0.05, 0.1) is 31.9 Å². The number of benzene rings is 2. The normalized spacial score (nSPS) is 17.1. The van der Waals surface area contributed by atoms with E-state index in [-0.39, 0.29) is 11.3 Å². The summed E-state index contributed by atoms with van der Waals surface area (Å²) in [5.74, 6) is 0.162. The summed E-state index contributed by atoms with van der Waals surface area (Å²) in [6, 6.07) is 11.4. The number of rotatable bonds is 12. The van der Waals surface area contributed by atoms with E-state index in [9.17, 15) is 14.7 Å². The second kappa shape index (κ2) is 12.4. The fourth-order valence-electron chi connectivity index (χ4n) is 4.10. The molecule has 1 heterocycles. The molecule has 0 aromatic heterocycles. The van der Waals surface area contributed by atoms with Crippen molar-refractivity contribution in [1.29, 1.82) is 0 Å². The van der Waals surface area contributed by atoms with Crippen LogP contribution in [-0.2, 0) is 9.59 Å². The van der Waals surface area contributed by atoms with Crippen LogP contribution in [0.4, 0.5) is 0 Å². The van der Waals surface area contributed by atoms with Gasteiger partial charge in [-0.05, 0) is 69.4 Å². The van der Waals surface area contributed by atoms with Gasteiger partial charge in [0, 0.05) is 18.7 Å². The Kier molecular flexibility index (Phi) is 9.36. The topological polar surface area (TPSA) is 88.5 Å². The number of hydrogen-bond acceptors (Lipinski definition) is 7. The van der Waals surface area contributed by atoms with Crippen molar-refractivity contribution in [1.82, 2.24) is 9.80 Å². The van der Waals surface area contributed by atoms with E-state index in [1.165, 1.54) is 4.90 Å². The van der Waals surface area contributed by atoms with E-state index < -0.39 is 17.7 Å². The summed E-state index contributed by atoms with van der Waals surface area (Å²) in [7, 11) is 5.35. The lowest BCUT2D eigenvalue weighted by atomic mass is 9.95. The molecule has 2 aromatic rings. The zero-order valence-electron chi connectivity index (χ0n) is 21.7. The number of likely N-dealkylation sites (tertiary alicyclic amines) is 1. The van der Waals surface area contributed by atoms with Crippen LogP contribution >= 0.6 is 0 Å². The number of nitrogens with zero attached hydrogens (tertiary/aromatic N) is 2. The van der Waals surface area contributed by atoms with Gasteiger partial charge in [0.15, 0.2) is 11.5 Å². The molecule has 36 heavy (non-hydrogen) atoms. The molecule has 8 nitrogen and oxygen atoms in total. The summed E-state index contributed by atoms with van der Waals surface area (Å²) < 4.78 is 16.9. The fraction of sp³-hybridized carbons (Fsp3) is 0.429. The molecule has 0 aliphatic carbocycles. The highest BCUT2D eigenvalue weighted by Crippen LogP contribution is 2.42. The molecule has 1 N–H and O–H groups in total. The minimum atomic E-state index is -0.768. The van der Waals surface area contributed by atoms with Gasteiger partial charge in [0.25, 0.3) is 11.7 Å². The molecule has 1 saturated heterocycles. The molecule has 0 spiro atoms. The fourth-order valence-corrected chi connectivity index (χ4v) is 4.10. The van der Waals surface area contributed by atoms with Crippen molar-refractivity contribution in [2.75, 3.05) is 47.5 Å². The zero-order valence-corrected chi connectivity index (χ0v) is 21.7. The molecule has 3 rings (SSSR count). The summed E-state index contributed by atoms with van der Waals surface area (Å²) in [6.07, 6.45) is 1.92. The Hall–Kier alpha value is -3.52. The number of hydrogen-bond donors (Lipinski definition) is 1. The van der Waals surface area contributed by atoms with Crippen LogP contribution < -0.4 is 14.2 Å². The average molecular weight is 497 g/mol. The molecule has 1 aliphatic heterocycles. The quantitative estimate of drug-likeness (QED) is 0.203. The summed E-state index contributed by atoms with van der Waals surface area (Å²) in [4.78, 5) is 29.8. The van der Waals surface area contributed by atoms with Crippen LogP contribution in [0.1, 0.15) is 43.9 Å². The molecular formula is C28H36N2O6. The molecule has 1 fully saturated rings. The molecule has 0 saturated carbocycles. The van der Waals surface area contributed by atoms with Gasteiger partial charge in [-0.1, -0.05) is 19.4 Å². The number of aliphatic hydroxyl groups excluding tert-OH is 1. The maximum Gasteiger partial charge on any atom is 0.295 e. The average Bonchev–Trinajstić information content (AvgIpc) is 3.12. The monoisotopic (exact) mass is 496 g/mol. The molecule has 0 bridgehead atoms. The highest BCUT2D eigenvalue weighted by molar-refractivity contribution is 6.46. The number of methoxy groups -OCH3 is 1. The minimum absolute atomic E-state index is 0.0459. The third kappa shape index (κ3) is 5.99. The van der Waals surface area contributed by atoms with E-state index in [1.54, 1.807) is 43.5 Å². The molecule has 1 amide bonds. The number of carbonyl (C=O) groups excluding carboxylic acids is 2. The standard InChI is InChI=1S/C28H36N2O6/c1-6-8-17-36-22-14-11-20(18-23(22)34-5)25-24(27(32)28(33)30(25)16-15-29(3)4)26(31)19-9-12-21(13-10-19)35-7-2/h9-14,18,25,31H,6-8,15-17H2,1-5H3. The lowest BCUT2D eigenvalue weighted by molar-refractivity contribution is -0.140. The Morgan fingerprint density at radius 3 is 2.36 bits per heavy atom. The molecule has 2 aromatic carbocycles. The minimum Gasteiger partial charge on any atom is -0.507 e. The van der Waals surface area contributed by atoms with Gasteiger partial charge in [0.1, 0.15) is 11.5 Å². The lowest BCUT2D eigenvalue weighted by Gasteiger charge is -2.27. The first-order valence-electron chi connectivity index (χ1n) is 12.3. The predicted octanol–water partition coefficient (Wildman–Crippen LogP) is 4.26. The van der Waals surface area contributed by atoms with Crippen LogP contribution in [0.15, 0.2) is 48.0 Å². The highest BCUT2D eigenvalue weighted by atomic mass is 16.5. The third-order valence-corrected chi connectivity index (χ3v) is 6.03. The maximum absolute atomic E-state index is 13.2. The van der Waals surface area contributed by atoms with E-state index >= 15 is 0 Å². The predicted molar refractivity (Wildman–Crippen MR) is 139 cm³/mol.